The molecule has 3 nitrogen and oxygen atoms in total. The quantitative estimate of drug-likeness (QED) is 0.664. The van der Waals surface area contributed by atoms with Gasteiger partial charge >= 0.3 is 0 Å². The van der Waals surface area contributed by atoms with Gasteiger partial charge in [0.1, 0.15) is 0 Å². The number of fused-ring (bicyclic) bond motifs is 5. The van der Waals surface area contributed by atoms with Gasteiger partial charge in [-0.25, -0.2) is 0 Å². The lowest BCUT2D eigenvalue weighted by Gasteiger charge is -2.59. The minimum atomic E-state index is 0.108. The van der Waals surface area contributed by atoms with Gasteiger partial charge in [-0.15, -0.1) is 0 Å². The average molecular weight is 420 g/mol. The Kier molecular flexibility index (Phi) is 4.49. The summed E-state index contributed by atoms with van der Waals surface area (Å²) in [5, 5.41) is 3.31. The molecule has 1 heterocycles. The lowest BCUT2D eigenvalue weighted by molar-refractivity contribution is -0.127. The van der Waals surface area contributed by atoms with Crippen LogP contribution < -0.4 is 5.32 Å². The summed E-state index contributed by atoms with van der Waals surface area (Å²) < 4.78 is 6.60. The maximum Gasteiger partial charge on any atom is 0.224 e. The van der Waals surface area contributed by atoms with Gasteiger partial charge in [0.25, 0.3) is 0 Å². The molecular weight excluding hydrogens is 382 g/mol. The Morgan fingerprint density at radius 3 is 2.48 bits per heavy atom. The Hall–Kier alpha value is -1.61. The zero-order chi connectivity index (χ0) is 21.4. The summed E-state index contributed by atoms with van der Waals surface area (Å²) in [6.45, 7) is 7.15. The Morgan fingerprint density at radius 2 is 1.74 bits per heavy atom. The van der Waals surface area contributed by atoms with Gasteiger partial charge in [-0.2, -0.15) is 0 Å². The molecule has 5 aliphatic rings. The summed E-state index contributed by atoms with van der Waals surface area (Å²) in [7, 11) is 0. The van der Waals surface area contributed by atoms with E-state index >= 15 is 0 Å². The first-order valence-electron chi connectivity index (χ1n) is 12.6. The van der Waals surface area contributed by atoms with Gasteiger partial charge in [0.15, 0.2) is 0 Å². The second-order valence-electron chi connectivity index (χ2n) is 11.7. The Balaban J connectivity index is 1.43. The van der Waals surface area contributed by atoms with Gasteiger partial charge in [-0.05, 0) is 80.6 Å². The van der Waals surface area contributed by atoms with E-state index in [4.69, 9.17) is 4.74 Å². The van der Waals surface area contributed by atoms with Gasteiger partial charge in [0.2, 0.25) is 5.91 Å². The van der Waals surface area contributed by atoms with Crippen LogP contribution in [0.5, 0.6) is 0 Å². The largest absolute Gasteiger partial charge is 0.374 e. The number of piperidine rings is 1. The third-order valence-electron chi connectivity index (χ3n) is 9.93. The molecule has 3 heteroatoms. The van der Waals surface area contributed by atoms with Crippen LogP contribution in [0.3, 0.4) is 0 Å². The molecule has 0 spiro atoms. The molecule has 0 aromatic heterocycles. The highest BCUT2D eigenvalue weighted by atomic mass is 16.5. The smallest absolute Gasteiger partial charge is 0.224 e. The first-order chi connectivity index (χ1) is 14.9. The fraction of sp³-hybridized carbons (Fsp3) is 0.679. The standard InChI is InChI=1S/C28H37NO2/c1-17-4-6-18(7-5-17)20-16-23-27(2,15-13-25(30)29-23)22-12-14-28(3)21(26(20)22)10-11-24(28)31-19-8-9-19/h4-7,16,19-22,24,26H,8-15H2,1-3H3,(H,29,30)/t20-,21+,22+,24+,26+,27-,28+/m1/s1. The van der Waals surface area contributed by atoms with Crippen molar-refractivity contribution in [2.75, 3.05) is 0 Å². The first kappa shape index (κ1) is 20.0. The van der Waals surface area contributed by atoms with Crippen molar-refractivity contribution in [2.45, 2.75) is 90.3 Å². The van der Waals surface area contributed by atoms with Gasteiger partial charge in [0, 0.05) is 23.5 Å². The first-order valence-corrected chi connectivity index (χ1v) is 12.6. The zero-order valence-corrected chi connectivity index (χ0v) is 19.3. The van der Waals surface area contributed by atoms with Crippen molar-refractivity contribution >= 4 is 5.91 Å². The summed E-state index contributed by atoms with van der Waals surface area (Å²) in [5.41, 5.74) is 4.35. The number of ether oxygens (including phenoxy) is 1. The van der Waals surface area contributed by atoms with Crippen LogP contribution in [0.25, 0.3) is 0 Å². The summed E-state index contributed by atoms with van der Waals surface area (Å²) in [4.78, 5) is 12.3. The zero-order valence-electron chi connectivity index (χ0n) is 19.3. The number of benzene rings is 1. The molecule has 1 aromatic rings. The number of carbonyl (C=O) groups excluding carboxylic acids is 1. The molecule has 1 N–H and O–H groups in total. The SMILES string of the molecule is Cc1ccc([C@H]2C=C3NC(=O)CC[C@]3(C)[C@H]3CC[C@]4(C)[C@@H](OC5CC5)CC[C@H]4[C@H]23)cc1. The molecule has 1 saturated heterocycles. The number of rotatable bonds is 3. The van der Waals surface area contributed by atoms with Gasteiger partial charge in [0.05, 0.1) is 12.2 Å². The Morgan fingerprint density at radius 1 is 0.968 bits per heavy atom. The van der Waals surface area contributed by atoms with Gasteiger partial charge < -0.3 is 10.1 Å². The second kappa shape index (κ2) is 6.94. The van der Waals surface area contributed by atoms with Crippen LogP contribution in [0.15, 0.2) is 36.0 Å². The van der Waals surface area contributed by atoms with Crippen LogP contribution >= 0.6 is 0 Å². The van der Waals surface area contributed by atoms with Crippen molar-refractivity contribution in [3.63, 3.8) is 0 Å². The summed E-state index contributed by atoms with van der Waals surface area (Å²) in [6, 6.07) is 9.18. The fourth-order valence-corrected chi connectivity index (χ4v) is 7.93. The van der Waals surface area contributed by atoms with Crippen molar-refractivity contribution in [1.82, 2.24) is 5.32 Å². The minimum Gasteiger partial charge on any atom is -0.374 e. The van der Waals surface area contributed by atoms with Crippen molar-refractivity contribution < 1.29 is 9.53 Å². The number of allylic oxidation sites excluding steroid dienone is 2. The lowest BCUT2D eigenvalue weighted by Crippen LogP contribution is -2.55. The maximum atomic E-state index is 12.3. The molecule has 31 heavy (non-hydrogen) atoms. The minimum absolute atomic E-state index is 0.108. The van der Waals surface area contributed by atoms with Crippen molar-refractivity contribution in [1.29, 1.82) is 0 Å². The highest BCUT2D eigenvalue weighted by Crippen LogP contribution is 2.67. The molecule has 4 fully saturated rings. The lowest BCUT2D eigenvalue weighted by atomic mass is 9.47. The number of hydrogen-bond donors (Lipinski definition) is 1. The van der Waals surface area contributed by atoms with Crippen LogP contribution in [0.1, 0.15) is 82.3 Å². The van der Waals surface area contributed by atoms with Crippen LogP contribution in [0, 0.1) is 35.5 Å². The monoisotopic (exact) mass is 419 g/mol. The molecule has 6 rings (SSSR count). The van der Waals surface area contributed by atoms with E-state index in [1.807, 2.05) is 0 Å². The van der Waals surface area contributed by atoms with E-state index in [1.54, 1.807) is 0 Å². The molecule has 7 atom stereocenters. The van der Waals surface area contributed by atoms with E-state index in [0.717, 1.165) is 6.42 Å². The van der Waals surface area contributed by atoms with E-state index in [0.29, 0.717) is 47.7 Å². The van der Waals surface area contributed by atoms with Crippen LogP contribution in [0.2, 0.25) is 0 Å². The van der Waals surface area contributed by atoms with Crippen molar-refractivity contribution in [2.24, 2.45) is 28.6 Å². The van der Waals surface area contributed by atoms with Gasteiger partial charge in [-0.3, -0.25) is 4.79 Å². The van der Waals surface area contributed by atoms with Crippen LogP contribution in [0.4, 0.5) is 0 Å². The van der Waals surface area contributed by atoms with Gasteiger partial charge in [-0.1, -0.05) is 49.8 Å². The van der Waals surface area contributed by atoms with Crippen molar-refractivity contribution in [3.8, 4) is 0 Å². The molecule has 0 bridgehead atoms. The number of carbonyl (C=O) groups is 1. The Labute approximate surface area is 187 Å². The Bertz CT molecular complexity index is 915. The predicted molar refractivity (Wildman–Crippen MR) is 122 cm³/mol. The number of hydrogen-bond acceptors (Lipinski definition) is 2. The number of aryl methyl sites for hydroxylation is 1. The molecule has 0 unspecified atom stereocenters. The second-order valence-corrected chi connectivity index (χ2v) is 11.7. The normalized spacial score (nSPS) is 44.0. The van der Waals surface area contributed by atoms with E-state index in [9.17, 15) is 4.79 Å². The van der Waals surface area contributed by atoms with E-state index in [2.05, 4.69) is 56.4 Å². The topological polar surface area (TPSA) is 38.3 Å². The predicted octanol–water partition coefficient (Wildman–Crippen LogP) is 5.88. The highest BCUT2D eigenvalue weighted by Gasteiger charge is 2.61. The van der Waals surface area contributed by atoms with Crippen molar-refractivity contribution in [3.05, 3.63) is 47.2 Å². The molecule has 166 valence electrons. The summed E-state index contributed by atoms with van der Waals surface area (Å²) >= 11 is 0. The number of amides is 1. The van der Waals surface area contributed by atoms with Crippen LogP contribution in [-0.2, 0) is 9.53 Å². The third-order valence-corrected chi connectivity index (χ3v) is 9.93. The van der Waals surface area contributed by atoms with E-state index < -0.39 is 0 Å². The molecule has 1 aromatic carbocycles. The molecule has 0 radical (unpaired) electrons. The summed E-state index contributed by atoms with van der Waals surface area (Å²) in [5.74, 6) is 2.56. The van der Waals surface area contributed by atoms with E-state index in [-0.39, 0.29) is 11.3 Å². The molecular formula is C28H37NO2. The summed E-state index contributed by atoms with van der Waals surface area (Å²) in [6.07, 6.45) is 12.7. The van der Waals surface area contributed by atoms with E-state index in [1.165, 1.54) is 55.3 Å². The molecule has 1 amide bonds. The molecule has 3 saturated carbocycles. The molecule has 4 aliphatic carbocycles. The highest BCUT2D eigenvalue weighted by molar-refractivity contribution is 5.79. The fourth-order valence-electron chi connectivity index (χ4n) is 7.93. The average Bonchev–Trinajstić information content (AvgIpc) is 3.51. The molecule has 1 aliphatic heterocycles. The number of nitrogens with one attached hydrogen (secondary N) is 1. The van der Waals surface area contributed by atoms with Crippen LogP contribution in [-0.4, -0.2) is 18.1 Å². The maximum absolute atomic E-state index is 12.3. The third kappa shape index (κ3) is 3.06.